The Kier molecular flexibility index (Phi) is 5.51. The number of hydrogen-bond donors (Lipinski definition) is 0. The van der Waals surface area contributed by atoms with Gasteiger partial charge < -0.3 is 9.47 Å². The van der Waals surface area contributed by atoms with Crippen LogP contribution in [0.2, 0.25) is 0 Å². The fourth-order valence-corrected chi connectivity index (χ4v) is 4.04. The van der Waals surface area contributed by atoms with Crippen LogP contribution in [-0.4, -0.2) is 38.4 Å². The van der Waals surface area contributed by atoms with E-state index >= 15 is 0 Å². The summed E-state index contributed by atoms with van der Waals surface area (Å²) >= 11 is 0. The number of rotatable bonds is 5. The topological polar surface area (TPSA) is 51.0 Å². The van der Waals surface area contributed by atoms with E-state index in [0.717, 1.165) is 49.4 Å². The molecule has 1 aliphatic rings. The highest BCUT2D eigenvalue weighted by Gasteiger charge is 2.26. The number of nitrogens with zero attached hydrogens (tertiary/aromatic N) is 4. The highest BCUT2D eigenvalue weighted by atomic mass is 16.2. The number of carbonyl (C=O) groups excluding carboxylic acids is 1. The molecule has 1 aromatic carbocycles. The lowest BCUT2D eigenvalue weighted by atomic mass is 10.0. The average molecular weight is 374 g/mol. The fraction of sp³-hybridized carbons (Fsp3) is 0.348. The predicted octanol–water partition coefficient (Wildman–Crippen LogP) is 4.05. The van der Waals surface area contributed by atoms with Gasteiger partial charge in [-0.25, -0.2) is 4.98 Å². The maximum Gasteiger partial charge on any atom is 0.222 e. The van der Waals surface area contributed by atoms with Gasteiger partial charge in [0.25, 0.3) is 0 Å². The van der Waals surface area contributed by atoms with Crippen LogP contribution in [0.4, 0.5) is 0 Å². The van der Waals surface area contributed by atoms with Crippen molar-refractivity contribution in [2.45, 2.75) is 38.6 Å². The first-order valence-corrected chi connectivity index (χ1v) is 9.98. The van der Waals surface area contributed by atoms with E-state index in [4.69, 9.17) is 0 Å². The summed E-state index contributed by atoms with van der Waals surface area (Å²) in [4.78, 5) is 23.5. The number of aromatic nitrogens is 3. The monoisotopic (exact) mass is 374 g/mol. The second-order valence-electron chi connectivity index (χ2n) is 7.43. The number of likely N-dealkylation sites (tertiary alicyclic amines) is 1. The zero-order valence-electron chi connectivity index (χ0n) is 16.3. The number of carbonyl (C=O) groups is 1. The first-order chi connectivity index (χ1) is 13.7. The summed E-state index contributed by atoms with van der Waals surface area (Å²) in [5.41, 5.74) is 3.42. The first-order valence-electron chi connectivity index (χ1n) is 9.98. The number of imidazole rings is 1. The van der Waals surface area contributed by atoms with Gasteiger partial charge in [0.2, 0.25) is 5.91 Å². The molecular formula is C23H26N4O. The second kappa shape index (κ2) is 8.38. The van der Waals surface area contributed by atoms with Gasteiger partial charge in [0, 0.05) is 55.4 Å². The number of amides is 1. The van der Waals surface area contributed by atoms with E-state index in [1.54, 1.807) is 6.20 Å². The highest BCUT2D eigenvalue weighted by Crippen LogP contribution is 2.30. The fourth-order valence-electron chi connectivity index (χ4n) is 4.04. The lowest BCUT2D eigenvalue weighted by molar-refractivity contribution is -0.132. The van der Waals surface area contributed by atoms with Gasteiger partial charge in [-0.2, -0.15) is 0 Å². The second-order valence-corrected chi connectivity index (χ2v) is 7.43. The maximum absolute atomic E-state index is 12.6. The van der Waals surface area contributed by atoms with Crippen LogP contribution in [0, 0.1) is 6.92 Å². The van der Waals surface area contributed by atoms with Crippen LogP contribution >= 0.6 is 0 Å². The summed E-state index contributed by atoms with van der Waals surface area (Å²) in [6, 6.07) is 14.6. The Morgan fingerprint density at radius 1 is 1.07 bits per heavy atom. The average Bonchev–Trinajstić information content (AvgIpc) is 3.15. The summed E-state index contributed by atoms with van der Waals surface area (Å²) in [5, 5.41) is 0. The van der Waals surface area contributed by atoms with Crippen LogP contribution in [0.15, 0.2) is 61.1 Å². The molecule has 1 amide bonds. The Bertz CT molecular complexity index is 912. The molecule has 1 fully saturated rings. The standard InChI is InChI=1S/C23H26N4O/c1-18-16-25-23(20-8-5-13-24-17-20)27(18)21-11-14-26(15-12-21)22(28)10-9-19-6-3-2-4-7-19/h2-8,13,16-17,21H,9-12,14-15H2,1H3. The van der Waals surface area contributed by atoms with Crippen LogP contribution < -0.4 is 0 Å². The summed E-state index contributed by atoms with van der Waals surface area (Å²) in [7, 11) is 0. The van der Waals surface area contributed by atoms with Gasteiger partial charge in [-0.1, -0.05) is 30.3 Å². The van der Waals surface area contributed by atoms with Gasteiger partial charge in [-0.3, -0.25) is 9.78 Å². The Morgan fingerprint density at radius 3 is 2.57 bits per heavy atom. The number of pyridine rings is 1. The zero-order chi connectivity index (χ0) is 19.3. The van der Waals surface area contributed by atoms with E-state index in [9.17, 15) is 4.79 Å². The molecule has 0 N–H and O–H groups in total. The Hall–Kier alpha value is -2.95. The first kappa shape index (κ1) is 18.4. The molecule has 0 atom stereocenters. The summed E-state index contributed by atoms with van der Waals surface area (Å²) < 4.78 is 2.32. The van der Waals surface area contributed by atoms with Crippen LogP contribution in [0.1, 0.15) is 36.6 Å². The van der Waals surface area contributed by atoms with E-state index in [1.807, 2.05) is 47.6 Å². The van der Waals surface area contributed by atoms with Crippen molar-refractivity contribution in [2.24, 2.45) is 0 Å². The quantitative estimate of drug-likeness (QED) is 0.677. The lowest BCUT2D eigenvalue weighted by Crippen LogP contribution is -2.39. The molecule has 1 saturated heterocycles. The van der Waals surface area contributed by atoms with Crippen molar-refractivity contribution in [2.75, 3.05) is 13.1 Å². The normalized spacial score (nSPS) is 15.0. The third-order valence-electron chi connectivity index (χ3n) is 5.55. The molecule has 3 heterocycles. The molecule has 144 valence electrons. The van der Waals surface area contributed by atoms with Crippen LogP contribution in [-0.2, 0) is 11.2 Å². The van der Waals surface area contributed by atoms with E-state index in [2.05, 4.69) is 33.6 Å². The molecule has 3 aromatic rings. The Labute approximate surface area is 166 Å². The molecule has 5 heteroatoms. The zero-order valence-corrected chi connectivity index (χ0v) is 16.3. The molecule has 1 aliphatic heterocycles. The van der Waals surface area contributed by atoms with Crippen molar-refractivity contribution in [3.63, 3.8) is 0 Å². The number of piperidine rings is 1. The third-order valence-corrected chi connectivity index (χ3v) is 5.55. The van der Waals surface area contributed by atoms with Crippen molar-refractivity contribution < 1.29 is 4.79 Å². The third kappa shape index (κ3) is 3.98. The molecule has 5 nitrogen and oxygen atoms in total. The molecular weight excluding hydrogens is 348 g/mol. The Morgan fingerprint density at radius 2 is 1.86 bits per heavy atom. The van der Waals surface area contributed by atoms with E-state index in [0.29, 0.717) is 12.5 Å². The van der Waals surface area contributed by atoms with Gasteiger partial charge in [-0.05, 0) is 43.9 Å². The van der Waals surface area contributed by atoms with Crippen LogP contribution in [0.3, 0.4) is 0 Å². The molecule has 0 spiro atoms. The van der Waals surface area contributed by atoms with E-state index < -0.39 is 0 Å². The van der Waals surface area contributed by atoms with Gasteiger partial charge in [0.1, 0.15) is 5.82 Å². The van der Waals surface area contributed by atoms with Gasteiger partial charge >= 0.3 is 0 Å². The molecule has 0 saturated carbocycles. The summed E-state index contributed by atoms with van der Waals surface area (Å²) in [5.74, 6) is 1.23. The molecule has 28 heavy (non-hydrogen) atoms. The largest absolute Gasteiger partial charge is 0.343 e. The van der Waals surface area contributed by atoms with Crippen molar-refractivity contribution >= 4 is 5.91 Å². The van der Waals surface area contributed by atoms with Gasteiger partial charge in [0.05, 0.1) is 0 Å². The smallest absolute Gasteiger partial charge is 0.222 e. The highest BCUT2D eigenvalue weighted by molar-refractivity contribution is 5.76. The summed E-state index contributed by atoms with van der Waals surface area (Å²) in [6.07, 6.45) is 8.89. The maximum atomic E-state index is 12.6. The minimum atomic E-state index is 0.261. The minimum Gasteiger partial charge on any atom is -0.343 e. The van der Waals surface area contributed by atoms with Gasteiger partial charge in [-0.15, -0.1) is 0 Å². The molecule has 2 aromatic heterocycles. The molecule has 0 aliphatic carbocycles. The Balaban J connectivity index is 1.38. The van der Waals surface area contributed by atoms with E-state index in [1.165, 1.54) is 5.56 Å². The van der Waals surface area contributed by atoms with Crippen molar-refractivity contribution in [3.8, 4) is 11.4 Å². The SMILES string of the molecule is Cc1cnc(-c2cccnc2)n1C1CCN(C(=O)CCc2ccccc2)CC1. The molecule has 4 rings (SSSR count). The van der Waals surface area contributed by atoms with Crippen molar-refractivity contribution in [1.29, 1.82) is 0 Å². The van der Waals surface area contributed by atoms with E-state index in [-0.39, 0.29) is 5.91 Å². The van der Waals surface area contributed by atoms with Crippen molar-refractivity contribution in [1.82, 2.24) is 19.4 Å². The predicted molar refractivity (Wildman–Crippen MR) is 110 cm³/mol. The number of hydrogen-bond acceptors (Lipinski definition) is 3. The number of benzene rings is 1. The van der Waals surface area contributed by atoms with Crippen molar-refractivity contribution in [3.05, 3.63) is 72.3 Å². The van der Waals surface area contributed by atoms with Gasteiger partial charge in [0.15, 0.2) is 0 Å². The molecule has 0 unspecified atom stereocenters. The summed E-state index contributed by atoms with van der Waals surface area (Å²) in [6.45, 7) is 3.72. The minimum absolute atomic E-state index is 0.261. The molecule has 0 bridgehead atoms. The number of aryl methyl sites for hydroxylation is 2. The molecule has 0 radical (unpaired) electrons. The van der Waals surface area contributed by atoms with Crippen LogP contribution in [0.25, 0.3) is 11.4 Å². The van der Waals surface area contributed by atoms with Crippen LogP contribution in [0.5, 0.6) is 0 Å². The lowest BCUT2D eigenvalue weighted by Gasteiger charge is -2.34.